The molecule has 0 aromatic rings. The molecule has 1 fully saturated rings. The van der Waals surface area contributed by atoms with Crippen LogP contribution in [0.3, 0.4) is 0 Å². The number of carbonyl (C=O) groups excluding carboxylic acids is 1. The minimum atomic E-state index is -1.54. The Morgan fingerprint density at radius 1 is 1.38 bits per heavy atom. The van der Waals surface area contributed by atoms with Gasteiger partial charge in [0.2, 0.25) is 5.79 Å². The molecule has 0 aliphatic heterocycles. The van der Waals surface area contributed by atoms with Crippen molar-refractivity contribution in [2.75, 3.05) is 13.7 Å². The number of aliphatic hydroxyl groups is 1. The molecule has 94 valence electrons. The maximum Gasteiger partial charge on any atom is 0.305 e. The maximum absolute atomic E-state index is 11.1. The summed E-state index contributed by atoms with van der Waals surface area (Å²) in [5.74, 6) is -3.39. The highest BCUT2D eigenvalue weighted by atomic mass is 16.8. The van der Waals surface area contributed by atoms with Crippen molar-refractivity contribution in [2.24, 2.45) is 0 Å². The lowest BCUT2D eigenvalue weighted by Gasteiger charge is -2.46. The van der Waals surface area contributed by atoms with Gasteiger partial charge in [0.05, 0.1) is 0 Å². The summed E-state index contributed by atoms with van der Waals surface area (Å²) in [5.41, 5.74) is 0. The number of hydrogen-bond donors (Lipinski definition) is 1. The van der Waals surface area contributed by atoms with E-state index in [1.807, 2.05) is 0 Å². The minimum Gasteiger partial charge on any atom is -0.427 e. The number of hydrogen-bond acceptors (Lipinski definition) is 5. The maximum atomic E-state index is 11.1. The van der Waals surface area contributed by atoms with Crippen LogP contribution in [-0.4, -0.2) is 36.4 Å². The van der Waals surface area contributed by atoms with Gasteiger partial charge < -0.3 is 19.3 Å². The Kier molecular flexibility index (Phi) is 4.29. The second-order valence-corrected chi connectivity index (χ2v) is 3.98. The van der Waals surface area contributed by atoms with Gasteiger partial charge in [-0.25, -0.2) is 0 Å². The van der Waals surface area contributed by atoms with Crippen LogP contribution in [0.2, 0.25) is 0 Å². The monoisotopic (exact) mass is 232 g/mol. The Morgan fingerprint density at radius 3 is 2.50 bits per heavy atom. The first kappa shape index (κ1) is 13.4. The second kappa shape index (κ2) is 5.12. The lowest BCUT2D eigenvalue weighted by molar-refractivity contribution is -0.391. The standard InChI is InChI=1S/C11H20O5/c1-4-15-10(13)7-5-6-8-11(10,14-3)16-9(2)12/h13H,4-8H2,1-3H3. The van der Waals surface area contributed by atoms with E-state index in [1.165, 1.54) is 14.0 Å². The first-order valence-corrected chi connectivity index (χ1v) is 5.61. The van der Waals surface area contributed by atoms with E-state index >= 15 is 0 Å². The molecular formula is C11H20O5. The van der Waals surface area contributed by atoms with Crippen LogP contribution in [0.1, 0.15) is 39.5 Å². The highest BCUT2D eigenvalue weighted by Gasteiger charge is 2.56. The smallest absolute Gasteiger partial charge is 0.305 e. The molecule has 1 aliphatic rings. The summed E-state index contributed by atoms with van der Waals surface area (Å²) >= 11 is 0. The van der Waals surface area contributed by atoms with Gasteiger partial charge in [-0.05, 0) is 19.8 Å². The number of esters is 1. The van der Waals surface area contributed by atoms with Crippen molar-refractivity contribution < 1.29 is 24.1 Å². The number of methoxy groups -OCH3 is 1. The topological polar surface area (TPSA) is 65.0 Å². The molecule has 0 saturated heterocycles. The lowest BCUT2D eigenvalue weighted by Crippen LogP contribution is -2.61. The van der Waals surface area contributed by atoms with E-state index in [2.05, 4.69) is 0 Å². The average Bonchev–Trinajstić information content (AvgIpc) is 2.21. The minimum absolute atomic E-state index is 0.336. The molecule has 2 unspecified atom stereocenters. The second-order valence-electron chi connectivity index (χ2n) is 3.98. The fourth-order valence-electron chi connectivity index (χ4n) is 2.20. The molecule has 5 heteroatoms. The Balaban J connectivity index is 2.95. The zero-order valence-electron chi connectivity index (χ0n) is 10.1. The van der Waals surface area contributed by atoms with Crippen molar-refractivity contribution in [3.05, 3.63) is 0 Å². The third kappa shape index (κ3) is 2.36. The van der Waals surface area contributed by atoms with Gasteiger partial charge in [0, 0.05) is 33.5 Å². The van der Waals surface area contributed by atoms with Crippen molar-refractivity contribution in [1.82, 2.24) is 0 Å². The fraction of sp³-hybridized carbons (Fsp3) is 0.909. The molecule has 1 saturated carbocycles. The lowest BCUT2D eigenvalue weighted by atomic mass is 9.87. The van der Waals surface area contributed by atoms with Gasteiger partial charge in [0.25, 0.3) is 5.79 Å². The normalized spacial score (nSPS) is 34.8. The number of ether oxygens (including phenoxy) is 3. The van der Waals surface area contributed by atoms with Gasteiger partial charge in [-0.15, -0.1) is 0 Å². The molecular weight excluding hydrogens is 212 g/mol. The summed E-state index contributed by atoms with van der Waals surface area (Å²) in [6.45, 7) is 3.41. The van der Waals surface area contributed by atoms with Crippen LogP contribution in [0.25, 0.3) is 0 Å². The summed E-state index contributed by atoms with van der Waals surface area (Å²) in [6, 6.07) is 0. The summed E-state index contributed by atoms with van der Waals surface area (Å²) in [5, 5.41) is 10.4. The molecule has 1 aliphatic carbocycles. The number of rotatable bonds is 4. The van der Waals surface area contributed by atoms with Crippen molar-refractivity contribution in [2.45, 2.75) is 51.1 Å². The Labute approximate surface area is 95.7 Å². The fourth-order valence-corrected chi connectivity index (χ4v) is 2.20. The van der Waals surface area contributed by atoms with Crippen LogP contribution in [0.15, 0.2) is 0 Å². The Hall–Kier alpha value is -0.650. The first-order valence-electron chi connectivity index (χ1n) is 5.61. The summed E-state index contributed by atoms with van der Waals surface area (Å²) in [6.07, 6.45) is 2.50. The molecule has 2 atom stereocenters. The van der Waals surface area contributed by atoms with Crippen molar-refractivity contribution >= 4 is 5.97 Å². The summed E-state index contributed by atoms with van der Waals surface area (Å²) in [7, 11) is 1.41. The average molecular weight is 232 g/mol. The largest absolute Gasteiger partial charge is 0.427 e. The molecule has 0 aromatic heterocycles. The molecule has 0 bridgehead atoms. The predicted octanol–water partition coefficient (Wildman–Crippen LogP) is 1.19. The van der Waals surface area contributed by atoms with Gasteiger partial charge >= 0.3 is 5.97 Å². The van der Waals surface area contributed by atoms with E-state index in [9.17, 15) is 9.90 Å². The van der Waals surface area contributed by atoms with Crippen LogP contribution in [-0.2, 0) is 19.0 Å². The van der Waals surface area contributed by atoms with Gasteiger partial charge in [-0.3, -0.25) is 4.79 Å². The zero-order valence-corrected chi connectivity index (χ0v) is 10.1. The van der Waals surface area contributed by atoms with Crippen LogP contribution >= 0.6 is 0 Å². The SMILES string of the molecule is CCOC1(O)CCCCC1(OC)OC(C)=O. The van der Waals surface area contributed by atoms with E-state index in [4.69, 9.17) is 14.2 Å². The van der Waals surface area contributed by atoms with Crippen molar-refractivity contribution in [3.8, 4) is 0 Å². The summed E-state index contributed by atoms with van der Waals surface area (Å²) < 4.78 is 15.7. The highest BCUT2D eigenvalue weighted by molar-refractivity contribution is 5.66. The molecule has 1 rings (SSSR count). The molecule has 1 N–H and O–H groups in total. The van der Waals surface area contributed by atoms with Crippen molar-refractivity contribution in [3.63, 3.8) is 0 Å². The molecule has 0 heterocycles. The zero-order chi connectivity index (χ0) is 12.2. The van der Waals surface area contributed by atoms with Crippen LogP contribution in [0, 0.1) is 0 Å². The molecule has 0 amide bonds. The Bertz CT molecular complexity index is 251. The van der Waals surface area contributed by atoms with E-state index < -0.39 is 17.5 Å². The van der Waals surface area contributed by atoms with E-state index in [1.54, 1.807) is 6.92 Å². The molecule has 5 nitrogen and oxygen atoms in total. The van der Waals surface area contributed by atoms with Gasteiger partial charge in [0.1, 0.15) is 0 Å². The van der Waals surface area contributed by atoms with E-state index in [0.717, 1.165) is 12.8 Å². The highest BCUT2D eigenvalue weighted by Crippen LogP contribution is 2.41. The third-order valence-electron chi connectivity index (χ3n) is 2.89. The quantitative estimate of drug-likeness (QED) is 0.582. The van der Waals surface area contributed by atoms with Crippen molar-refractivity contribution in [1.29, 1.82) is 0 Å². The molecule has 0 radical (unpaired) electrons. The van der Waals surface area contributed by atoms with E-state index in [-0.39, 0.29) is 0 Å². The number of carbonyl (C=O) groups is 1. The van der Waals surface area contributed by atoms with Gasteiger partial charge in [0.15, 0.2) is 0 Å². The third-order valence-corrected chi connectivity index (χ3v) is 2.89. The van der Waals surface area contributed by atoms with Gasteiger partial charge in [-0.2, -0.15) is 0 Å². The predicted molar refractivity (Wildman–Crippen MR) is 56.5 cm³/mol. The summed E-state index contributed by atoms with van der Waals surface area (Å²) in [4.78, 5) is 11.1. The van der Waals surface area contributed by atoms with Crippen LogP contribution in [0.5, 0.6) is 0 Å². The van der Waals surface area contributed by atoms with Crippen LogP contribution in [0.4, 0.5) is 0 Å². The first-order chi connectivity index (χ1) is 7.49. The van der Waals surface area contributed by atoms with E-state index in [0.29, 0.717) is 19.4 Å². The van der Waals surface area contributed by atoms with Gasteiger partial charge in [-0.1, -0.05) is 0 Å². The Morgan fingerprint density at radius 2 is 2.00 bits per heavy atom. The van der Waals surface area contributed by atoms with Crippen LogP contribution < -0.4 is 0 Å². The molecule has 0 aromatic carbocycles. The molecule has 16 heavy (non-hydrogen) atoms. The molecule has 0 spiro atoms.